The fraction of sp³-hybridized carbons (Fsp3) is 0.615. The lowest BCUT2D eigenvalue weighted by Gasteiger charge is -2.37. The molecule has 1 saturated heterocycles. The maximum Gasteiger partial charge on any atom is 0.124 e. The molecule has 92 valence electrons. The summed E-state index contributed by atoms with van der Waals surface area (Å²) >= 11 is 1.80. The van der Waals surface area contributed by atoms with Crippen molar-refractivity contribution in [1.82, 2.24) is 14.3 Å². The summed E-state index contributed by atoms with van der Waals surface area (Å²) < 4.78 is 2.15. The van der Waals surface area contributed by atoms with Crippen molar-refractivity contribution in [1.29, 1.82) is 0 Å². The largest absolute Gasteiger partial charge is 0.297 e. The molecule has 1 aliphatic rings. The van der Waals surface area contributed by atoms with E-state index in [4.69, 9.17) is 0 Å². The number of hydrogen-bond acceptors (Lipinski definition) is 3. The van der Waals surface area contributed by atoms with Crippen LogP contribution in [0.2, 0.25) is 0 Å². The summed E-state index contributed by atoms with van der Waals surface area (Å²) in [6.07, 6.45) is 7.96. The fourth-order valence-corrected chi connectivity index (χ4v) is 3.71. The molecular formula is C13H19N3S. The molecule has 1 fully saturated rings. The van der Waals surface area contributed by atoms with Crippen LogP contribution >= 0.6 is 11.3 Å². The first-order valence-corrected chi connectivity index (χ1v) is 7.31. The van der Waals surface area contributed by atoms with Crippen molar-refractivity contribution in [2.45, 2.75) is 45.2 Å². The van der Waals surface area contributed by atoms with Gasteiger partial charge in [-0.15, -0.1) is 11.3 Å². The molecule has 3 heterocycles. The van der Waals surface area contributed by atoms with Gasteiger partial charge < -0.3 is 0 Å². The van der Waals surface area contributed by atoms with Gasteiger partial charge in [0.05, 0.1) is 11.7 Å². The molecule has 4 heteroatoms. The Morgan fingerprint density at radius 1 is 1.41 bits per heavy atom. The normalized spacial score (nSPS) is 22.6. The van der Waals surface area contributed by atoms with Gasteiger partial charge in [-0.05, 0) is 33.2 Å². The molecule has 2 aromatic heterocycles. The van der Waals surface area contributed by atoms with Crippen LogP contribution in [0.1, 0.15) is 44.8 Å². The highest BCUT2D eigenvalue weighted by Crippen LogP contribution is 2.34. The maximum atomic E-state index is 4.64. The van der Waals surface area contributed by atoms with Crippen molar-refractivity contribution in [3.63, 3.8) is 0 Å². The highest BCUT2D eigenvalue weighted by atomic mass is 32.1. The third kappa shape index (κ3) is 1.89. The Balaban J connectivity index is 1.98. The molecule has 1 aliphatic heterocycles. The van der Waals surface area contributed by atoms with Crippen LogP contribution in [0.5, 0.6) is 0 Å². The summed E-state index contributed by atoms with van der Waals surface area (Å²) in [5.41, 5.74) is 1.29. The van der Waals surface area contributed by atoms with E-state index in [1.165, 1.54) is 36.3 Å². The van der Waals surface area contributed by atoms with E-state index in [2.05, 4.69) is 39.7 Å². The third-order valence-corrected chi connectivity index (χ3v) is 4.60. The predicted molar refractivity (Wildman–Crippen MR) is 71.5 cm³/mol. The van der Waals surface area contributed by atoms with Crippen LogP contribution in [0.3, 0.4) is 0 Å². The van der Waals surface area contributed by atoms with E-state index in [0.29, 0.717) is 12.1 Å². The van der Waals surface area contributed by atoms with Gasteiger partial charge in [0.1, 0.15) is 11.2 Å². The monoisotopic (exact) mass is 249 g/mol. The van der Waals surface area contributed by atoms with Crippen molar-refractivity contribution >= 4 is 16.2 Å². The molecule has 0 radical (unpaired) electrons. The first kappa shape index (κ1) is 11.2. The van der Waals surface area contributed by atoms with Crippen LogP contribution in [0, 0.1) is 0 Å². The molecule has 0 spiro atoms. The van der Waals surface area contributed by atoms with Gasteiger partial charge in [0.2, 0.25) is 0 Å². The number of piperidine rings is 1. The average Bonchev–Trinajstić information content (AvgIpc) is 2.90. The van der Waals surface area contributed by atoms with Gasteiger partial charge in [-0.2, -0.15) is 0 Å². The Kier molecular flexibility index (Phi) is 2.92. The average molecular weight is 249 g/mol. The van der Waals surface area contributed by atoms with E-state index >= 15 is 0 Å². The summed E-state index contributed by atoms with van der Waals surface area (Å²) in [6, 6.07) is 1.13. The lowest BCUT2D eigenvalue weighted by molar-refractivity contribution is 0.110. The van der Waals surface area contributed by atoms with E-state index in [1.54, 1.807) is 11.3 Å². The van der Waals surface area contributed by atoms with Crippen LogP contribution in [0.4, 0.5) is 0 Å². The van der Waals surface area contributed by atoms with Crippen LogP contribution in [0.15, 0.2) is 17.9 Å². The minimum absolute atomic E-state index is 0.521. The molecule has 1 unspecified atom stereocenters. The summed E-state index contributed by atoms with van der Waals surface area (Å²) in [5, 5.41) is 2.14. The molecule has 17 heavy (non-hydrogen) atoms. The van der Waals surface area contributed by atoms with Gasteiger partial charge in [-0.3, -0.25) is 9.30 Å². The van der Waals surface area contributed by atoms with Crippen LogP contribution in [-0.2, 0) is 0 Å². The number of hydrogen-bond donors (Lipinski definition) is 0. The van der Waals surface area contributed by atoms with Crippen molar-refractivity contribution in [2.75, 3.05) is 6.54 Å². The molecule has 0 aromatic carbocycles. The first-order valence-electron chi connectivity index (χ1n) is 6.43. The predicted octanol–water partition coefficient (Wildman–Crippen LogP) is 3.33. The van der Waals surface area contributed by atoms with Gasteiger partial charge >= 0.3 is 0 Å². The first-order chi connectivity index (χ1) is 8.27. The second kappa shape index (κ2) is 4.42. The minimum Gasteiger partial charge on any atom is -0.297 e. The Hall–Kier alpha value is -0.870. The molecule has 0 bridgehead atoms. The number of aromatic nitrogens is 2. The second-order valence-electron chi connectivity index (χ2n) is 5.09. The van der Waals surface area contributed by atoms with E-state index in [1.807, 2.05) is 6.33 Å². The topological polar surface area (TPSA) is 20.5 Å². The maximum absolute atomic E-state index is 4.64. The molecule has 3 nitrogen and oxygen atoms in total. The van der Waals surface area contributed by atoms with Crippen molar-refractivity contribution in [3.8, 4) is 0 Å². The van der Waals surface area contributed by atoms with E-state index in [-0.39, 0.29) is 0 Å². The number of rotatable bonds is 2. The Morgan fingerprint density at radius 3 is 3.12 bits per heavy atom. The van der Waals surface area contributed by atoms with Gasteiger partial charge in [0.25, 0.3) is 0 Å². The standard InChI is InChI=1S/C13H19N3S/c1-10(2)16-6-4-3-5-11(16)12-13-15(9-14-12)7-8-17-13/h7-11H,3-6H2,1-2H3. The number of likely N-dealkylation sites (tertiary alicyclic amines) is 1. The zero-order valence-corrected chi connectivity index (χ0v) is 11.3. The van der Waals surface area contributed by atoms with Crippen molar-refractivity contribution in [3.05, 3.63) is 23.6 Å². The molecule has 0 aliphatic carbocycles. The molecule has 0 amide bonds. The van der Waals surface area contributed by atoms with Gasteiger partial charge in [0.15, 0.2) is 0 Å². The number of thiazole rings is 1. The van der Waals surface area contributed by atoms with E-state index in [9.17, 15) is 0 Å². The number of fused-ring (bicyclic) bond motifs is 1. The lowest BCUT2D eigenvalue weighted by Crippen LogP contribution is -2.38. The van der Waals surface area contributed by atoms with Gasteiger partial charge in [-0.25, -0.2) is 4.98 Å². The van der Waals surface area contributed by atoms with Gasteiger partial charge in [-0.1, -0.05) is 6.42 Å². The zero-order valence-electron chi connectivity index (χ0n) is 10.5. The Morgan fingerprint density at radius 2 is 2.29 bits per heavy atom. The molecule has 0 saturated carbocycles. The summed E-state index contributed by atoms with van der Waals surface area (Å²) in [4.78, 5) is 8.57. The second-order valence-corrected chi connectivity index (χ2v) is 5.98. The Labute approximate surface area is 106 Å². The lowest BCUT2D eigenvalue weighted by atomic mass is 9.98. The highest BCUT2D eigenvalue weighted by Gasteiger charge is 2.28. The fourth-order valence-electron chi connectivity index (χ4n) is 2.85. The van der Waals surface area contributed by atoms with E-state index in [0.717, 1.165) is 0 Å². The number of nitrogens with zero attached hydrogens (tertiary/aromatic N) is 3. The molecule has 2 aromatic rings. The van der Waals surface area contributed by atoms with Crippen LogP contribution in [0.25, 0.3) is 4.83 Å². The van der Waals surface area contributed by atoms with Crippen LogP contribution in [-0.4, -0.2) is 26.9 Å². The molecule has 0 N–H and O–H groups in total. The quantitative estimate of drug-likeness (QED) is 0.813. The Bertz CT molecular complexity index is 499. The van der Waals surface area contributed by atoms with E-state index < -0.39 is 0 Å². The van der Waals surface area contributed by atoms with Crippen molar-refractivity contribution < 1.29 is 0 Å². The minimum atomic E-state index is 0.521. The molecule has 3 rings (SSSR count). The molecular weight excluding hydrogens is 230 g/mol. The smallest absolute Gasteiger partial charge is 0.124 e. The summed E-state index contributed by atoms with van der Waals surface area (Å²) in [5.74, 6) is 0. The van der Waals surface area contributed by atoms with Crippen LogP contribution < -0.4 is 0 Å². The third-order valence-electron chi connectivity index (χ3n) is 3.70. The summed E-state index contributed by atoms with van der Waals surface area (Å²) in [6.45, 7) is 5.80. The number of imidazole rings is 1. The van der Waals surface area contributed by atoms with Gasteiger partial charge in [0, 0.05) is 17.6 Å². The zero-order chi connectivity index (χ0) is 11.8. The molecule has 1 atom stereocenters. The SMILES string of the molecule is CC(C)N1CCCCC1c1ncn2ccsc12. The highest BCUT2D eigenvalue weighted by molar-refractivity contribution is 7.15. The van der Waals surface area contributed by atoms with Crippen molar-refractivity contribution in [2.24, 2.45) is 0 Å². The summed E-state index contributed by atoms with van der Waals surface area (Å²) in [7, 11) is 0.